The lowest BCUT2D eigenvalue weighted by atomic mass is 9.83. The Hall–Kier alpha value is -2.11. The number of carboxylic acids is 1. The number of rotatable bonds is 5. The summed E-state index contributed by atoms with van der Waals surface area (Å²) >= 11 is 0. The van der Waals surface area contributed by atoms with Gasteiger partial charge in [-0.3, -0.25) is 14.6 Å². The number of aromatic nitrogens is 1. The van der Waals surface area contributed by atoms with Crippen LogP contribution in [0.25, 0.3) is 0 Å². The van der Waals surface area contributed by atoms with E-state index in [-0.39, 0.29) is 6.42 Å². The molecule has 104 valence electrons. The highest BCUT2D eigenvalue weighted by atomic mass is 16.5. The number of hydrogen-bond donors (Lipinski definition) is 2. The van der Waals surface area contributed by atoms with E-state index in [4.69, 9.17) is 10.5 Å². The van der Waals surface area contributed by atoms with Gasteiger partial charge < -0.3 is 15.6 Å². The van der Waals surface area contributed by atoms with E-state index in [0.29, 0.717) is 11.4 Å². The molecule has 0 aromatic carbocycles. The van der Waals surface area contributed by atoms with Gasteiger partial charge in [-0.1, -0.05) is 0 Å². The van der Waals surface area contributed by atoms with Gasteiger partial charge in [0.2, 0.25) is 5.91 Å². The highest BCUT2D eigenvalue weighted by Crippen LogP contribution is 2.29. The van der Waals surface area contributed by atoms with Crippen molar-refractivity contribution in [3.8, 4) is 5.75 Å². The Morgan fingerprint density at radius 2 is 2.05 bits per heavy atom. The van der Waals surface area contributed by atoms with Crippen molar-refractivity contribution in [2.75, 3.05) is 7.11 Å². The molecule has 6 nitrogen and oxygen atoms in total. The molecule has 0 saturated carbocycles. The predicted octanol–water partition coefficient (Wildman–Crippen LogP) is 0.826. The number of carboxylic acid groups (broad SMARTS) is 1. The van der Waals surface area contributed by atoms with Gasteiger partial charge in [-0.05, 0) is 20.8 Å². The van der Waals surface area contributed by atoms with Crippen LogP contribution in [0.15, 0.2) is 6.20 Å². The van der Waals surface area contributed by atoms with Crippen LogP contribution in [0.5, 0.6) is 5.75 Å². The Kier molecular flexibility index (Phi) is 4.14. The van der Waals surface area contributed by atoms with Crippen molar-refractivity contribution in [1.29, 1.82) is 0 Å². The van der Waals surface area contributed by atoms with Gasteiger partial charge in [0.15, 0.2) is 0 Å². The number of carbonyl (C=O) groups is 2. The maximum absolute atomic E-state index is 11.4. The maximum atomic E-state index is 11.4. The third-order valence-electron chi connectivity index (χ3n) is 3.29. The van der Waals surface area contributed by atoms with Crippen LogP contribution in [0.2, 0.25) is 0 Å². The molecule has 3 N–H and O–H groups in total. The molecule has 1 amide bonds. The summed E-state index contributed by atoms with van der Waals surface area (Å²) in [6.07, 6.45) is 1.52. The van der Waals surface area contributed by atoms with Crippen LogP contribution in [0.1, 0.15) is 23.7 Å². The minimum absolute atomic E-state index is 0.0693. The van der Waals surface area contributed by atoms with Crippen LogP contribution in [-0.2, 0) is 16.0 Å². The molecule has 1 unspecified atom stereocenters. The van der Waals surface area contributed by atoms with E-state index >= 15 is 0 Å². The number of aliphatic carboxylic acids is 1. The number of pyridine rings is 1. The molecule has 0 bridgehead atoms. The van der Waals surface area contributed by atoms with Crippen LogP contribution in [0.3, 0.4) is 0 Å². The third-order valence-corrected chi connectivity index (χ3v) is 3.29. The molecule has 0 saturated heterocycles. The number of methoxy groups -OCH3 is 1. The summed E-state index contributed by atoms with van der Waals surface area (Å²) in [7, 11) is 1.53. The molecule has 1 atom stereocenters. The van der Waals surface area contributed by atoms with Crippen molar-refractivity contribution in [1.82, 2.24) is 4.98 Å². The lowest BCUT2D eigenvalue weighted by molar-refractivity contribution is -0.153. The average molecular weight is 266 g/mol. The van der Waals surface area contributed by atoms with Gasteiger partial charge in [0.25, 0.3) is 0 Å². The van der Waals surface area contributed by atoms with Crippen molar-refractivity contribution >= 4 is 11.9 Å². The number of aryl methyl sites for hydroxylation is 1. The van der Waals surface area contributed by atoms with Crippen LogP contribution in [0, 0.1) is 19.3 Å². The number of ether oxygens (including phenoxy) is 1. The zero-order valence-electron chi connectivity index (χ0n) is 11.5. The number of hydrogen-bond acceptors (Lipinski definition) is 4. The molecule has 0 aliphatic carbocycles. The first-order valence-electron chi connectivity index (χ1n) is 5.76. The van der Waals surface area contributed by atoms with Crippen LogP contribution in [-0.4, -0.2) is 29.1 Å². The Morgan fingerprint density at radius 1 is 1.47 bits per heavy atom. The smallest absolute Gasteiger partial charge is 0.319 e. The van der Waals surface area contributed by atoms with Gasteiger partial charge in [-0.25, -0.2) is 0 Å². The molecular formula is C13H18N2O4. The van der Waals surface area contributed by atoms with Crippen LogP contribution in [0.4, 0.5) is 0 Å². The van der Waals surface area contributed by atoms with E-state index in [1.54, 1.807) is 13.1 Å². The molecule has 0 fully saturated rings. The highest BCUT2D eigenvalue weighted by Gasteiger charge is 2.40. The molecule has 0 spiro atoms. The SMILES string of the molecule is COc1c(C)cnc(CC(C)(C(N)=O)C(=O)O)c1C. The fourth-order valence-electron chi connectivity index (χ4n) is 1.85. The standard InChI is InChI=1S/C13H18N2O4/c1-7-6-15-9(8(2)10(7)19-4)5-13(3,11(14)16)12(17)18/h6H,5H2,1-4H3,(H2,14,16)(H,17,18). The van der Waals surface area contributed by atoms with Crippen LogP contribution >= 0.6 is 0 Å². The zero-order chi connectivity index (χ0) is 14.8. The largest absolute Gasteiger partial charge is 0.496 e. The van der Waals surface area contributed by atoms with Gasteiger partial charge in [0.05, 0.1) is 7.11 Å². The molecule has 1 rings (SSSR count). The Morgan fingerprint density at radius 3 is 2.47 bits per heavy atom. The molecule has 0 aliphatic heterocycles. The first-order valence-corrected chi connectivity index (χ1v) is 5.76. The predicted molar refractivity (Wildman–Crippen MR) is 68.9 cm³/mol. The summed E-state index contributed by atoms with van der Waals surface area (Å²) in [4.78, 5) is 26.8. The number of carbonyl (C=O) groups excluding carboxylic acids is 1. The second kappa shape index (κ2) is 5.26. The topological polar surface area (TPSA) is 103 Å². The number of nitrogens with two attached hydrogens (primary N) is 1. The van der Waals surface area contributed by atoms with Crippen molar-refractivity contribution in [2.45, 2.75) is 27.2 Å². The van der Waals surface area contributed by atoms with E-state index < -0.39 is 17.3 Å². The lowest BCUT2D eigenvalue weighted by Gasteiger charge is -2.22. The lowest BCUT2D eigenvalue weighted by Crippen LogP contribution is -2.43. The third kappa shape index (κ3) is 2.67. The normalized spacial score (nSPS) is 13.7. The minimum Gasteiger partial charge on any atom is -0.496 e. The number of primary amides is 1. The second-order valence-electron chi connectivity index (χ2n) is 4.72. The summed E-state index contributed by atoms with van der Waals surface area (Å²) in [6.45, 7) is 4.91. The fourth-order valence-corrected chi connectivity index (χ4v) is 1.85. The van der Waals surface area contributed by atoms with Gasteiger partial charge in [0.1, 0.15) is 11.2 Å². The molecular weight excluding hydrogens is 248 g/mol. The fraction of sp³-hybridized carbons (Fsp3) is 0.462. The zero-order valence-corrected chi connectivity index (χ0v) is 11.5. The summed E-state index contributed by atoms with van der Waals surface area (Å²) in [5.74, 6) is -1.51. The molecule has 19 heavy (non-hydrogen) atoms. The Bertz CT molecular complexity index is 512. The van der Waals surface area contributed by atoms with E-state index in [9.17, 15) is 14.7 Å². The van der Waals surface area contributed by atoms with Gasteiger partial charge in [-0.15, -0.1) is 0 Å². The average Bonchev–Trinajstić information content (AvgIpc) is 2.32. The monoisotopic (exact) mass is 266 g/mol. The van der Waals surface area contributed by atoms with Crippen molar-refractivity contribution in [3.05, 3.63) is 23.0 Å². The Labute approximate surface area is 111 Å². The first kappa shape index (κ1) is 14.9. The van der Waals surface area contributed by atoms with Gasteiger partial charge in [0, 0.05) is 29.4 Å². The maximum Gasteiger partial charge on any atom is 0.319 e. The summed E-state index contributed by atoms with van der Waals surface area (Å²) in [5.41, 5.74) is 5.57. The van der Waals surface area contributed by atoms with E-state index in [2.05, 4.69) is 4.98 Å². The summed E-state index contributed by atoms with van der Waals surface area (Å²) < 4.78 is 5.25. The van der Waals surface area contributed by atoms with Crippen molar-refractivity contribution in [3.63, 3.8) is 0 Å². The summed E-state index contributed by atoms with van der Waals surface area (Å²) in [5, 5.41) is 9.18. The quantitative estimate of drug-likeness (QED) is 0.768. The molecule has 1 heterocycles. The summed E-state index contributed by atoms with van der Waals surface area (Å²) in [6, 6.07) is 0. The minimum atomic E-state index is -1.68. The Balaban J connectivity index is 3.26. The first-order chi connectivity index (χ1) is 8.74. The van der Waals surface area contributed by atoms with Gasteiger partial charge >= 0.3 is 5.97 Å². The molecule has 0 aliphatic rings. The van der Waals surface area contributed by atoms with E-state index in [1.165, 1.54) is 14.0 Å². The molecule has 1 aromatic heterocycles. The highest BCUT2D eigenvalue weighted by molar-refractivity contribution is 6.00. The second-order valence-corrected chi connectivity index (χ2v) is 4.72. The van der Waals surface area contributed by atoms with Crippen molar-refractivity contribution in [2.24, 2.45) is 11.1 Å². The van der Waals surface area contributed by atoms with E-state index in [1.807, 2.05) is 6.92 Å². The van der Waals surface area contributed by atoms with E-state index in [0.717, 1.165) is 11.1 Å². The number of nitrogens with zero attached hydrogens (tertiary/aromatic N) is 1. The van der Waals surface area contributed by atoms with Gasteiger partial charge in [-0.2, -0.15) is 0 Å². The molecule has 6 heteroatoms. The van der Waals surface area contributed by atoms with Crippen LogP contribution < -0.4 is 10.5 Å². The molecule has 1 aromatic rings. The molecule has 0 radical (unpaired) electrons. The van der Waals surface area contributed by atoms with Crippen molar-refractivity contribution < 1.29 is 19.4 Å². The number of amides is 1.